The molecule has 0 radical (unpaired) electrons. The normalized spacial score (nSPS) is 22.4. The van der Waals surface area contributed by atoms with Gasteiger partial charge in [0.1, 0.15) is 5.75 Å². The van der Waals surface area contributed by atoms with Gasteiger partial charge in [0.15, 0.2) is 5.17 Å². The van der Waals surface area contributed by atoms with E-state index in [1.54, 1.807) is 23.9 Å². The van der Waals surface area contributed by atoms with Crippen LogP contribution >= 0.6 is 11.8 Å². The van der Waals surface area contributed by atoms with Gasteiger partial charge >= 0.3 is 0 Å². The van der Waals surface area contributed by atoms with Crippen LogP contribution in [0.2, 0.25) is 0 Å². The molecule has 2 aliphatic rings. The van der Waals surface area contributed by atoms with Gasteiger partial charge in [-0.2, -0.15) is 5.10 Å². The minimum atomic E-state index is 0.283. The maximum atomic E-state index is 9.30. The maximum Gasteiger partial charge on any atom is 0.177 e. The van der Waals surface area contributed by atoms with E-state index in [-0.39, 0.29) is 5.75 Å². The Morgan fingerprint density at radius 1 is 1.15 bits per heavy atom. The molecule has 0 saturated heterocycles. The van der Waals surface area contributed by atoms with Crippen molar-refractivity contribution < 1.29 is 5.11 Å². The van der Waals surface area contributed by atoms with Gasteiger partial charge in [-0.15, -0.1) is 0 Å². The van der Waals surface area contributed by atoms with Crippen molar-refractivity contribution in [1.82, 2.24) is 5.43 Å². The Kier molecular flexibility index (Phi) is 4.25. The molecule has 1 fully saturated rings. The van der Waals surface area contributed by atoms with Crippen molar-refractivity contribution in [1.29, 1.82) is 0 Å². The van der Waals surface area contributed by atoms with Crippen LogP contribution in [0.25, 0.3) is 0 Å². The third kappa shape index (κ3) is 3.33. The van der Waals surface area contributed by atoms with Crippen LogP contribution < -0.4 is 5.43 Å². The zero-order valence-electron chi connectivity index (χ0n) is 11.4. The highest BCUT2D eigenvalue weighted by Crippen LogP contribution is 2.22. The van der Waals surface area contributed by atoms with Crippen LogP contribution in [0.15, 0.2) is 34.4 Å². The second-order valence-corrected chi connectivity index (χ2v) is 6.20. The molecule has 1 aromatic carbocycles. The highest BCUT2D eigenvalue weighted by molar-refractivity contribution is 8.14. The Balaban J connectivity index is 1.65. The van der Waals surface area contributed by atoms with Gasteiger partial charge in [-0.05, 0) is 42.7 Å². The van der Waals surface area contributed by atoms with E-state index in [9.17, 15) is 5.11 Å². The maximum absolute atomic E-state index is 9.30. The second-order valence-electron chi connectivity index (χ2n) is 5.23. The summed E-state index contributed by atoms with van der Waals surface area (Å²) in [7, 11) is 0. The van der Waals surface area contributed by atoms with Gasteiger partial charge in [0.05, 0.1) is 11.8 Å². The van der Waals surface area contributed by atoms with Gasteiger partial charge in [-0.25, -0.2) is 0 Å². The molecule has 1 aliphatic carbocycles. The van der Waals surface area contributed by atoms with E-state index in [0.717, 1.165) is 22.2 Å². The van der Waals surface area contributed by atoms with E-state index in [2.05, 4.69) is 10.5 Å². The Labute approximate surface area is 123 Å². The summed E-state index contributed by atoms with van der Waals surface area (Å²) >= 11 is 1.71. The van der Waals surface area contributed by atoms with Crippen molar-refractivity contribution in [3.8, 4) is 5.75 Å². The van der Waals surface area contributed by atoms with E-state index in [4.69, 9.17) is 4.99 Å². The van der Waals surface area contributed by atoms with E-state index in [1.165, 1.54) is 32.1 Å². The molecular formula is C15H19N3OS. The Morgan fingerprint density at radius 2 is 1.90 bits per heavy atom. The van der Waals surface area contributed by atoms with Crippen LogP contribution in [0.4, 0.5) is 0 Å². The zero-order valence-corrected chi connectivity index (χ0v) is 12.2. The Morgan fingerprint density at radius 3 is 2.55 bits per heavy atom. The smallest absolute Gasteiger partial charge is 0.177 e. The lowest BCUT2D eigenvalue weighted by Crippen LogP contribution is -2.27. The molecule has 20 heavy (non-hydrogen) atoms. The average molecular weight is 289 g/mol. The third-order valence-corrected chi connectivity index (χ3v) is 4.60. The van der Waals surface area contributed by atoms with Crippen LogP contribution in [0.1, 0.15) is 37.7 Å². The lowest BCUT2D eigenvalue weighted by atomic mass is 9.96. The Hall–Kier alpha value is -1.49. The van der Waals surface area contributed by atoms with Gasteiger partial charge in [0.25, 0.3) is 0 Å². The summed E-state index contributed by atoms with van der Waals surface area (Å²) in [5, 5.41) is 14.7. The molecular weight excluding hydrogens is 270 g/mol. The first-order chi connectivity index (χ1) is 9.81. The summed E-state index contributed by atoms with van der Waals surface area (Å²) < 4.78 is 0. The summed E-state index contributed by atoms with van der Waals surface area (Å²) in [5.41, 5.74) is 5.11. The van der Waals surface area contributed by atoms with Crippen molar-refractivity contribution in [3.05, 3.63) is 29.8 Å². The van der Waals surface area contributed by atoms with Gasteiger partial charge in [0, 0.05) is 5.75 Å². The second kappa shape index (κ2) is 6.31. The molecule has 1 aliphatic heterocycles. The summed E-state index contributed by atoms with van der Waals surface area (Å²) in [5.74, 6) is 1.11. The fraction of sp³-hybridized carbons (Fsp3) is 0.467. The summed E-state index contributed by atoms with van der Waals surface area (Å²) in [6.45, 7) is 0. The topological polar surface area (TPSA) is 57.0 Å². The number of phenolic OH excluding ortho intramolecular Hbond substituents is 1. The van der Waals surface area contributed by atoms with Crippen molar-refractivity contribution in [3.63, 3.8) is 0 Å². The number of hydrogen-bond donors (Lipinski definition) is 2. The lowest BCUT2D eigenvalue weighted by molar-refractivity contribution is 0.443. The molecule has 0 atom stereocenters. The average Bonchev–Trinajstić information content (AvgIpc) is 2.50. The monoisotopic (exact) mass is 289 g/mol. The van der Waals surface area contributed by atoms with E-state index in [0.29, 0.717) is 6.04 Å². The number of hydrazone groups is 1. The highest BCUT2D eigenvalue weighted by atomic mass is 32.2. The molecule has 0 bridgehead atoms. The Bertz CT molecular complexity index is 518. The zero-order chi connectivity index (χ0) is 13.8. The van der Waals surface area contributed by atoms with Crippen molar-refractivity contribution in [2.24, 2.45) is 10.1 Å². The molecule has 0 unspecified atom stereocenters. The molecule has 0 spiro atoms. The first kappa shape index (κ1) is 13.5. The number of nitrogens with one attached hydrogen (secondary N) is 1. The molecule has 0 aromatic heterocycles. The van der Waals surface area contributed by atoms with Crippen molar-refractivity contribution in [2.75, 3.05) is 5.75 Å². The number of benzene rings is 1. The molecule has 1 heterocycles. The van der Waals surface area contributed by atoms with Gasteiger partial charge in [-0.1, -0.05) is 31.0 Å². The molecule has 4 nitrogen and oxygen atoms in total. The number of thioether (sulfide) groups is 1. The molecule has 5 heteroatoms. The van der Waals surface area contributed by atoms with Crippen molar-refractivity contribution >= 4 is 22.6 Å². The molecule has 1 aromatic rings. The van der Waals surface area contributed by atoms with Crippen LogP contribution in [0.5, 0.6) is 5.75 Å². The van der Waals surface area contributed by atoms with Crippen LogP contribution in [-0.4, -0.2) is 27.8 Å². The van der Waals surface area contributed by atoms with Crippen molar-refractivity contribution in [2.45, 2.75) is 38.1 Å². The number of nitrogens with zero attached hydrogens (tertiary/aromatic N) is 2. The molecule has 1 saturated carbocycles. The SMILES string of the molecule is Oc1ccc(C2=NNC(=NC3CCCCC3)SC2)cc1. The van der Waals surface area contributed by atoms with Crippen LogP contribution in [0.3, 0.4) is 0 Å². The summed E-state index contributed by atoms with van der Waals surface area (Å²) in [6, 6.07) is 7.63. The fourth-order valence-electron chi connectivity index (χ4n) is 2.56. The summed E-state index contributed by atoms with van der Waals surface area (Å²) in [6.07, 6.45) is 6.37. The minimum Gasteiger partial charge on any atom is -0.508 e. The number of rotatable bonds is 2. The first-order valence-electron chi connectivity index (χ1n) is 7.14. The van der Waals surface area contributed by atoms with Gasteiger partial charge in [0.2, 0.25) is 0 Å². The number of phenols is 1. The number of aliphatic imine (C=N–C) groups is 1. The predicted octanol–water partition coefficient (Wildman–Crippen LogP) is 3.12. The lowest BCUT2D eigenvalue weighted by Gasteiger charge is -2.21. The van der Waals surface area contributed by atoms with Crippen LogP contribution in [0, 0.1) is 0 Å². The predicted molar refractivity (Wildman–Crippen MR) is 84.5 cm³/mol. The third-order valence-electron chi connectivity index (χ3n) is 3.71. The summed E-state index contributed by atoms with van der Waals surface area (Å²) in [4.78, 5) is 4.76. The molecule has 0 amide bonds. The first-order valence-corrected chi connectivity index (χ1v) is 8.12. The van der Waals surface area contributed by atoms with Gasteiger partial charge in [-0.3, -0.25) is 10.4 Å². The largest absolute Gasteiger partial charge is 0.508 e. The van der Waals surface area contributed by atoms with Crippen LogP contribution in [-0.2, 0) is 0 Å². The van der Waals surface area contributed by atoms with Gasteiger partial charge < -0.3 is 5.11 Å². The molecule has 3 rings (SSSR count). The number of aromatic hydroxyl groups is 1. The fourth-order valence-corrected chi connectivity index (χ4v) is 3.40. The standard InChI is InChI=1S/C15H19N3OS/c19-13-8-6-11(7-9-13)14-10-20-15(18-17-14)16-12-4-2-1-3-5-12/h6-9,12,19H,1-5,10H2,(H,16,18). The van der Waals surface area contributed by atoms with E-state index < -0.39 is 0 Å². The number of amidine groups is 1. The number of hydrogen-bond acceptors (Lipinski definition) is 4. The van der Waals surface area contributed by atoms with E-state index >= 15 is 0 Å². The highest BCUT2D eigenvalue weighted by Gasteiger charge is 2.17. The quantitative estimate of drug-likeness (QED) is 0.879. The molecule has 2 N–H and O–H groups in total. The van der Waals surface area contributed by atoms with E-state index in [1.807, 2.05) is 12.1 Å². The minimum absolute atomic E-state index is 0.283. The molecule has 106 valence electrons.